The van der Waals surface area contributed by atoms with E-state index in [0.29, 0.717) is 23.9 Å². The van der Waals surface area contributed by atoms with Crippen LogP contribution in [0.15, 0.2) is 28.7 Å². The molecule has 0 aliphatic rings. The molecule has 0 fully saturated rings. The average Bonchev–Trinajstić information content (AvgIpc) is 2.87. The van der Waals surface area contributed by atoms with Gasteiger partial charge in [-0.3, -0.25) is 10.1 Å². The molecule has 0 aromatic carbocycles. The number of nitrogens with zero attached hydrogens (tertiary/aromatic N) is 3. The Morgan fingerprint density at radius 1 is 1.32 bits per heavy atom. The van der Waals surface area contributed by atoms with E-state index >= 15 is 0 Å². The number of hydrogen-bond donors (Lipinski definition) is 0. The van der Waals surface area contributed by atoms with Crippen molar-refractivity contribution in [3.8, 4) is 5.88 Å². The minimum atomic E-state index is -0.589. The van der Waals surface area contributed by atoms with Crippen molar-refractivity contribution in [2.24, 2.45) is 0 Å². The van der Waals surface area contributed by atoms with E-state index in [1.165, 1.54) is 12.1 Å². The summed E-state index contributed by atoms with van der Waals surface area (Å²) in [5.41, 5.74) is 0.600. The summed E-state index contributed by atoms with van der Waals surface area (Å²) in [7, 11) is 0. The molecule has 0 amide bonds. The summed E-state index contributed by atoms with van der Waals surface area (Å²) in [6.45, 7) is 2.39. The Hall–Kier alpha value is -2.70. The van der Waals surface area contributed by atoms with E-state index in [9.17, 15) is 10.1 Å². The summed E-state index contributed by atoms with van der Waals surface area (Å²) in [5, 5.41) is 18.2. The zero-order chi connectivity index (χ0) is 13.7. The maximum Gasteiger partial charge on any atom is 0.433 e. The molecular formula is C12H11N3O4. The van der Waals surface area contributed by atoms with Crippen LogP contribution in [0.25, 0.3) is 12.2 Å². The zero-order valence-electron chi connectivity index (χ0n) is 10.1. The van der Waals surface area contributed by atoms with E-state index in [4.69, 9.17) is 9.15 Å². The maximum atomic E-state index is 10.4. The quantitative estimate of drug-likeness (QED) is 0.606. The fourth-order valence-corrected chi connectivity index (χ4v) is 1.34. The smallest absolute Gasteiger partial charge is 0.433 e. The van der Waals surface area contributed by atoms with Gasteiger partial charge < -0.3 is 9.15 Å². The molecule has 0 spiro atoms. The Balaban J connectivity index is 2.06. The molecule has 0 N–H and O–H groups in total. The largest absolute Gasteiger partial charge is 0.477 e. The molecule has 0 bridgehead atoms. The van der Waals surface area contributed by atoms with Gasteiger partial charge in [0.1, 0.15) is 10.7 Å². The minimum Gasteiger partial charge on any atom is -0.477 e. The molecule has 0 aliphatic heterocycles. The van der Waals surface area contributed by atoms with Gasteiger partial charge in [0.2, 0.25) is 5.88 Å². The van der Waals surface area contributed by atoms with Crippen molar-refractivity contribution < 1.29 is 14.1 Å². The topological polar surface area (TPSA) is 91.3 Å². The van der Waals surface area contributed by atoms with Crippen LogP contribution in [0.4, 0.5) is 5.88 Å². The van der Waals surface area contributed by atoms with Crippen LogP contribution < -0.4 is 4.74 Å². The summed E-state index contributed by atoms with van der Waals surface area (Å²) < 4.78 is 10.1. The first-order valence-corrected chi connectivity index (χ1v) is 5.58. The Morgan fingerprint density at radius 3 is 2.74 bits per heavy atom. The number of hydrogen-bond acceptors (Lipinski definition) is 6. The van der Waals surface area contributed by atoms with E-state index in [1.54, 1.807) is 24.3 Å². The Morgan fingerprint density at radius 2 is 2.16 bits per heavy atom. The summed E-state index contributed by atoms with van der Waals surface area (Å²) in [6.07, 6.45) is 3.22. The molecule has 0 saturated heterocycles. The first kappa shape index (κ1) is 12.7. The van der Waals surface area contributed by atoms with Crippen LogP contribution in [0.1, 0.15) is 18.4 Å². The maximum absolute atomic E-state index is 10.4. The van der Waals surface area contributed by atoms with E-state index in [1.807, 2.05) is 6.92 Å². The molecule has 0 aliphatic carbocycles. The summed E-state index contributed by atoms with van der Waals surface area (Å²) in [4.78, 5) is 9.85. The highest BCUT2D eigenvalue weighted by atomic mass is 16.6. The Bertz CT molecular complexity index is 589. The lowest BCUT2D eigenvalue weighted by molar-refractivity contribution is -0.402. The van der Waals surface area contributed by atoms with Gasteiger partial charge in [0.25, 0.3) is 0 Å². The van der Waals surface area contributed by atoms with Gasteiger partial charge in [-0.25, -0.2) is 0 Å². The molecule has 0 atom stereocenters. The first-order valence-electron chi connectivity index (χ1n) is 5.58. The highest BCUT2D eigenvalue weighted by Gasteiger charge is 2.09. The Labute approximate surface area is 108 Å². The van der Waals surface area contributed by atoms with Gasteiger partial charge in [0.15, 0.2) is 0 Å². The van der Waals surface area contributed by atoms with Gasteiger partial charge in [-0.15, -0.1) is 10.2 Å². The van der Waals surface area contributed by atoms with Gasteiger partial charge >= 0.3 is 5.88 Å². The third-order valence-electron chi connectivity index (χ3n) is 2.16. The van der Waals surface area contributed by atoms with Gasteiger partial charge in [0.05, 0.1) is 18.4 Å². The Kier molecular flexibility index (Phi) is 3.87. The lowest BCUT2D eigenvalue weighted by atomic mass is 10.3. The second-order valence-electron chi connectivity index (χ2n) is 3.50. The summed E-state index contributed by atoms with van der Waals surface area (Å²) in [5.74, 6) is 0.535. The van der Waals surface area contributed by atoms with Crippen molar-refractivity contribution in [3.05, 3.63) is 45.8 Å². The molecule has 2 rings (SSSR count). The molecule has 19 heavy (non-hydrogen) atoms. The number of nitro groups is 1. The lowest BCUT2D eigenvalue weighted by Gasteiger charge is -1.99. The van der Waals surface area contributed by atoms with Gasteiger partial charge in [-0.1, -0.05) is 0 Å². The van der Waals surface area contributed by atoms with Crippen LogP contribution in [-0.2, 0) is 0 Å². The molecule has 0 radical (unpaired) electrons. The third kappa shape index (κ3) is 3.38. The van der Waals surface area contributed by atoms with Gasteiger partial charge in [0, 0.05) is 6.07 Å². The molecule has 2 heterocycles. The van der Waals surface area contributed by atoms with Crippen LogP contribution >= 0.6 is 0 Å². The van der Waals surface area contributed by atoms with Crippen LogP contribution in [0.5, 0.6) is 5.88 Å². The SMILES string of the molecule is CCOc1ccc(/C=C/c2ccc([N+](=O)[O-])o2)nn1. The molecule has 2 aromatic rings. The van der Waals surface area contributed by atoms with E-state index in [-0.39, 0.29) is 5.88 Å². The van der Waals surface area contributed by atoms with Crippen molar-refractivity contribution in [1.29, 1.82) is 0 Å². The fourth-order valence-electron chi connectivity index (χ4n) is 1.34. The van der Waals surface area contributed by atoms with E-state index < -0.39 is 4.92 Å². The highest BCUT2D eigenvalue weighted by Crippen LogP contribution is 2.17. The van der Waals surface area contributed by atoms with Crippen LogP contribution in [-0.4, -0.2) is 21.7 Å². The van der Waals surface area contributed by atoms with Crippen molar-refractivity contribution in [3.63, 3.8) is 0 Å². The molecule has 0 unspecified atom stereocenters. The molecule has 0 saturated carbocycles. The molecule has 98 valence electrons. The molecular weight excluding hydrogens is 250 g/mol. The van der Waals surface area contributed by atoms with E-state index in [0.717, 1.165) is 0 Å². The van der Waals surface area contributed by atoms with E-state index in [2.05, 4.69) is 10.2 Å². The van der Waals surface area contributed by atoms with Gasteiger partial charge in [-0.05, 0) is 31.2 Å². The number of rotatable bonds is 5. The first-order chi connectivity index (χ1) is 9.19. The van der Waals surface area contributed by atoms with Crippen LogP contribution in [0.3, 0.4) is 0 Å². The summed E-state index contributed by atoms with van der Waals surface area (Å²) in [6, 6.07) is 6.23. The predicted molar refractivity (Wildman–Crippen MR) is 67.5 cm³/mol. The highest BCUT2D eigenvalue weighted by molar-refractivity contribution is 5.65. The second-order valence-corrected chi connectivity index (χ2v) is 3.50. The van der Waals surface area contributed by atoms with Gasteiger partial charge in [-0.2, -0.15) is 0 Å². The number of furan rings is 1. The van der Waals surface area contributed by atoms with Crippen LogP contribution in [0.2, 0.25) is 0 Å². The summed E-state index contributed by atoms with van der Waals surface area (Å²) >= 11 is 0. The second kappa shape index (κ2) is 5.76. The number of aromatic nitrogens is 2. The predicted octanol–water partition coefficient (Wildman–Crippen LogP) is 2.55. The monoisotopic (exact) mass is 261 g/mol. The minimum absolute atomic E-state index is 0.294. The van der Waals surface area contributed by atoms with Crippen LogP contribution in [0, 0.1) is 10.1 Å². The number of ether oxygens (including phenoxy) is 1. The zero-order valence-corrected chi connectivity index (χ0v) is 10.1. The molecule has 7 heteroatoms. The fraction of sp³-hybridized carbons (Fsp3) is 0.167. The lowest BCUT2D eigenvalue weighted by Crippen LogP contribution is -1.96. The normalized spacial score (nSPS) is 10.8. The van der Waals surface area contributed by atoms with Crippen molar-refractivity contribution >= 4 is 18.0 Å². The van der Waals surface area contributed by atoms with Crippen molar-refractivity contribution in [1.82, 2.24) is 10.2 Å². The van der Waals surface area contributed by atoms with Crippen molar-refractivity contribution in [2.45, 2.75) is 6.92 Å². The standard InChI is InChI=1S/C12H11N3O4/c1-2-18-11-7-4-9(13-14-11)3-5-10-6-8-12(19-10)15(16)17/h3-8H,2H2,1H3/b5-3+. The third-order valence-corrected chi connectivity index (χ3v) is 2.16. The molecule has 2 aromatic heterocycles. The average molecular weight is 261 g/mol. The van der Waals surface area contributed by atoms with Crippen molar-refractivity contribution in [2.75, 3.05) is 6.61 Å². The molecule has 7 nitrogen and oxygen atoms in total.